The Labute approximate surface area is 105 Å². The second-order valence-electron chi connectivity index (χ2n) is 2.92. The molecule has 0 bridgehead atoms. The van der Waals surface area contributed by atoms with Crippen LogP contribution in [-0.2, 0) is 28.1 Å². The molecular formula is C9H17O8P. The summed E-state index contributed by atoms with van der Waals surface area (Å²) >= 11 is 0. The first-order valence-corrected chi connectivity index (χ1v) is 6.63. The Bertz CT molecular complexity index is 286. The van der Waals surface area contributed by atoms with E-state index in [9.17, 15) is 9.36 Å². The van der Waals surface area contributed by atoms with Crippen molar-refractivity contribution in [1.82, 2.24) is 0 Å². The van der Waals surface area contributed by atoms with E-state index in [-0.39, 0.29) is 39.6 Å². The lowest BCUT2D eigenvalue weighted by Crippen LogP contribution is -2.12. The molecule has 0 aromatic carbocycles. The molecule has 2 N–H and O–H groups in total. The summed E-state index contributed by atoms with van der Waals surface area (Å²) in [6.07, 6.45) is 1.06. The summed E-state index contributed by atoms with van der Waals surface area (Å²) in [4.78, 5) is 27.3. The van der Waals surface area contributed by atoms with Gasteiger partial charge in [0.15, 0.2) is 0 Å². The minimum atomic E-state index is -4.42. The second-order valence-corrected chi connectivity index (χ2v) is 4.16. The Kier molecular flexibility index (Phi) is 9.76. The van der Waals surface area contributed by atoms with E-state index in [1.807, 2.05) is 0 Å². The Balaban J connectivity index is 3.15. The smallest absolute Gasteiger partial charge is 0.460 e. The van der Waals surface area contributed by atoms with E-state index in [1.165, 1.54) is 0 Å². The highest BCUT2D eigenvalue weighted by molar-refractivity contribution is 7.46. The van der Waals surface area contributed by atoms with Crippen LogP contribution in [-0.4, -0.2) is 55.4 Å². The van der Waals surface area contributed by atoms with Crippen molar-refractivity contribution >= 4 is 13.8 Å². The molecule has 0 saturated heterocycles. The number of esters is 1. The van der Waals surface area contributed by atoms with Crippen molar-refractivity contribution in [2.24, 2.45) is 0 Å². The molecule has 18 heavy (non-hydrogen) atoms. The highest BCUT2D eigenvalue weighted by Gasteiger charge is 2.12. The topological polar surface area (TPSA) is 112 Å². The minimum absolute atomic E-state index is 0.0555. The Hall–Kier alpha value is -0.760. The van der Waals surface area contributed by atoms with Crippen LogP contribution >= 0.6 is 7.82 Å². The molecule has 0 rings (SSSR count). The van der Waals surface area contributed by atoms with Crippen LogP contribution in [0.4, 0.5) is 0 Å². The molecule has 0 aliphatic carbocycles. The van der Waals surface area contributed by atoms with Crippen LogP contribution in [0, 0.1) is 0 Å². The maximum Gasteiger partial charge on any atom is 0.469 e. The Morgan fingerprint density at radius 3 is 2.06 bits per heavy atom. The highest BCUT2D eigenvalue weighted by atomic mass is 31.2. The molecule has 0 amide bonds. The standard InChI is InChI=1S/C9H17O8P/c1-2-9(10)16-7-5-14-3-4-15-6-8-17-18(11,12)13/h2H,1,3-8H2,(H2,11,12,13). The van der Waals surface area contributed by atoms with E-state index in [2.05, 4.69) is 15.8 Å². The highest BCUT2D eigenvalue weighted by Crippen LogP contribution is 2.35. The first-order valence-electron chi connectivity index (χ1n) is 5.10. The molecule has 8 nitrogen and oxygen atoms in total. The van der Waals surface area contributed by atoms with Crippen molar-refractivity contribution in [2.45, 2.75) is 0 Å². The number of carbonyl (C=O) groups is 1. The normalized spacial score (nSPS) is 11.2. The van der Waals surface area contributed by atoms with E-state index >= 15 is 0 Å². The summed E-state index contributed by atoms with van der Waals surface area (Å²) in [7, 11) is -4.42. The summed E-state index contributed by atoms with van der Waals surface area (Å²) in [6.45, 7) is 3.99. The molecule has 0 spiro atoms. The maximum atomic E-state index is 10.6. The van der Waals surface area contributed by atoms with E-state index < -0.39 is 13.8 Å². The van der Waals surface area contributed by atoms with E-state index in [0.717, 1.165) is 6.08 Å². The van der Waals surface area contributed by atoms with Crippen LogP contribution in [0.2, 0.25) is 0 Å². The average molecular weight is 284 g/mol. The van der Waals surface area contributed by atoms with Gasteiger partial charge in [0.2, 0.25) is 0 Å². The van der Waals surface area contributed by atoms with E-state index in [4.69, 9.17) is 19.3 Å². The molecule has 0 aromatic rings. The van der Waals surface area contributed by atoms with Gasteiger partial charge in [0, 0.05) is 6.08 Å². The van der Waals surface area contributed by atoms with Gasteiger partial charge < -0.3 is 24.0 Å². The summed E-state index contributed by atoms with van der Waals surface area (Å²) < 4.78 is 29.1. The molecule has 0 heterocycles. The monoisotopic (exact) mass is 284 g/mol. The van der Waals surface area contributed by atoms with Crippen LogP contribution in [0.3, 0.4) is 0 Å². The first-order chi connectivity index (χ1) is 8.45. The van der Waals surface area contributed by atoms with Crippen LogP contribution in [0.1, 0.15) is 0 Å². The number of hydrogen-bond acceptors (Lipinski definition) is 6. The fourth-order valence-electron chi connectivity index (χ4n) is 0.797. The summed E-state index contributed by atoms with van der Waals surface area (Å²) in [5, 5.41) is 0. The Morgan fingerprint density at radius 1 is 1.06 bits per heavy atom. The van der Waals surface area contributed by atoms with Gasteiger partial charge in [-0.1, -0.05) is 6.58 Å². The quantitative estimate of drug-likeness (QED) is 0.233. The predicted octanol–water partition coefficient (Wildman–Crippen LogP) is -0.142. The zero-order valence-corrected chi connectivity index (χ0v) is 10.7. The molecule has 0 saturated carbocycles. The number of rotatable bonds is 11. The number of ether oxygens (including phenoxy) is 3. The predicted molar refractivity (Wildman–Crippen MR) is 60.8 cm³/mol. The average Bonchev–Trinajstić information content (AvgIpc) is 2.29. The van der Waals surface area contributed by atoms with Crippen molar-refractivity contribution in [3.05, 3.63) is 12.7 Å². The van der Waals surface area contributed by atoms with Gasteiger partial charge in [0.25, 0.3) is 0 Å². The maximum absolute atomic E-state index is 10.6. The molecule has 0 aliphatic heterocycles. The number of hydrogen-bond donors (Lipinski definition) is 2. The minimum Gasteiger partial charge on any atom is -0.460 e. The Morgan fingerprint density at radius 2 is 1.56 bits per heavy atom. The molecule has 0 aliphatic rings. The van der Waals surface area contributed by atoms with E-state index in [0.29, 0.717) is 0 Å². The lowest BCUT2D eigenvalue weighted by Gasteiger charge is -2.07. The van der Waals surface area contributed by atoms with Crippen molar-refractivity contribution in [3.63, 3.8) is 0 Å². The van der Waals surface area contributed by atoms with Gasteiger partial charge in [-0.05, 0) is 0 Å². The number of phosphoric ester groups is 1. The second kappa shape index (κ2) is 10.2. The fraction of sp³-hybridized carbons (Fsp3) is 0.667. The van der Waals surface area contributed by atoms with E-state index in [1.54, 1.807) is 0 Å². The largest absolute Gasteiger partial charge is 0.469 e. The summed E-state index contributed by atoms with van der Waals surface area (Å²) in [5.41, 5.74) is 0. The van der Waals surface area contributed by atoms with Crippen LogP contribution in [0.15, 0.2) is 12.7 Å². The molecule has 0 radical (unpaired) electrons. The summed E-state index contributed by atoms with van der Waals surface area (Å²) in [5.74, 6) is -0.510. The zero-order valence-electron chi connectivity index (χ0n) is 9.82. The van der Waals surface area contributed by atoms with Crippen LogP contribution in [0.25, 0.3) is 0 Å². The third kappa shape index (κ3) is 13.3. The van der Waals surface area contributed by atoms with Crippen molar-refractivity contribution in [1.29, 1.82) is 0 Å². The van der Waals surface area contributed by atoms with Crippen molar-refractivity contribution < 1.29 is 37.9 Å². The van der Waals surface area contributed by atoms with Gasteiger partial charge in [-0.2, -0.15) is 0 Å². The van der Waals surface area contributed by atoms with Gasteiger partial charge >= 0.3 is 13.8 Å². The lowest BCUT2D eigenvalue weighted by atomic mass is 10.6. The van der Waals surface area contributed by atoms with Gasteiger partial charge in [-0.3, -0.25) is 4.52 Å². The van der Waals surface area contributed by atoms with Crippen molar-refractivity contribution in [3.8, 4) is 0 Å². The zero-order chi connectivity index (χ0) is 13.9. The number of phosphoric acid groups is 1. The van der Waals surface area contributed by atoms with Gasteiger partial charge in [0.1, 0.15) is 6.61 Å². The lowest BCUT2D eigenvalue weighted by molar-refractivity contribution is -0.139. The van der Waals surface area contributed by atoms with Crippen molar-refractivity contribution in [2.75, 3.05) is 39.6 Å². The van der Waals surface area contributed by atoms with Crippen LogP contribution in [0.5, 0.6) is 0 Å². The van der Waals surface area contributed by atoms with Gasteiger partial charge in [-0.25, -0.2) is 9.36 Å². The molecule has 0 fully saturated rings. The number of carbonyl (C=O) groups excluding carboxylic acids is 1. The molecule has 0 aromatic heterocycles. The van der Waals surface area contributed by atoms with Crippen LogP contribution < -0.4 is 0 Å². The molecule has 0 atom stereocenters. The third-order valence-corrected chi connectivity index (χ3v) is 2.02. The molecular weight excluding hydrogens is 267 g/mol. The first kappa shape index (κ1) is 17.2. The molecule has 9 heteroatoms. The van der Waals surface area contributed by atoms with Gasteiger partial charge in [0.05, 0.1) is 33.0 Å². The summed E-state index contributed by atoms with van der Waals surface area (Å²) in [6, 6.07) is 0. The fourth-order valence-corrected chi connectivity index (χ4v) is 1.11. The SMILES string of the molecule is C=CC(=O)OCCOCCOCCOP(=O)(O)O. The molecule has 0 unspecified atom stereocenters. The molecule has 106 valence electrons. The van der Waals surface area contributed by atoms with Gasteiger partial charge in [-0.15, -0.1) is 0 Å². The third-order valence-electron chi connectivity index (χ3n) is 1.50.